The second kappa shape index (κ2) is 3.28. The molecule has 54 valence electrons. The number of hydrogen-bond donors (Lipinski definition) is 1. The summed E-state index contributed by atoms with van der Waals surface area (Å²) >= 11 is -2.26. The molecule has 5 heteroatoms. The minimum absolute atomic E-state index is 0.468. The zero-order chi connectivity index (χ0) is 7.40. The molecule has 0 spiro atoms. The molecule has 0 aliphatic rings. The van der Waals surface area contributed by atoms with Gasteiger partial charge in [0, 0.05) is 17.5 Å². The molecule has 10 heavy (non-hydrogen) atoms. The Hall–Kier alpha value is -0.940. The van der Waals surface area contributed by atoms with Gasteiger partial charge in [-0.2, -0.15) is 0 Å². The van der Waals surface area contributed by atoms with Crippen molar-refractivity contribution >= 4 is 17.0 Å². The molecule has 1 aromatic rings. The van der Waals surface area contributed by atoms with Gasteiger partial charge in [0.15, 0.2) is 0 Å². The van der Waals surface area contributed by atoms with E-state index in [9.17, 15) is 8.76 Å². The summed E-state index contributed by atoms with van der Waals surface area (Å²) in [6.45, 7) is 0. The second-order valence-corrected chi connectivity index (χ2v) is 2.25. The van der Waals surface area contributed by atoms with E-state index in [2.05, 4.69) is 9.71 Å². The normalized spacial score (nSPS) is 12.5. The van der Waals surface area contributed by atoms with Crippen LogP contribution in [0.1, 0.15) is 0 Å². The molecule has 1 aromatic heterocycles. The highest BCUT2D eigenvalue weighted by Crippen LogP contribution is 2.01. The molecule has 0 fully saturated rings. The Bertz CT molecular complexity index is 226. The molecule has 1 atom stereocenters. The molecular weight excluding hydrogens is 152 g/mol. The molecular formula is C5H5N2O2S-. The number of pyridine rings is 1. The molecule has 0 saturated heterocycles. The number of hydrogen-bond acceptors (Lipinski definition) is 3. The highest BCUT2D eigenvalue weighted by Gasteiger charge is 1.85. The maximum absolute atomic E-state index is 10.0. The predicted octanol–water partition coefficient (Wildman–Crippen LogP) is 0.288. The van der Waals surface area contributed by atoms with Crippen molar-refractivity contribution in [2.45, 2.75) is 0 Å². The lowest BCUT2D eigenvalue weighted by atomic mass is 10.4. The third kappa shape index (κ3) is 2.12. The van der Waals surface area contributed by atoms with Crippen LogP contribution in [0.25, 0.3) is 0 Å². The van der Waals surface area contributed by atoms with Gasteiger partial charge in [-0.05, 0) is 12.1 Å². The van der Waals surface area contributed by atoms with Crippen molar-refractivity contribution in [2.24, 2.45) is 0 Å². The smallest absolute Gasteiger partial charge is 0.0636 e. The zero-order valence-corrected chi connectivity index (χ0v) is 5.80. The summed E-state index contributed by atoms with van der Waals surface area (Å²) in [5.74, 6) is 0. The van der Waals surface area contributed by atoms with Crippen LogP contribution in [-0.2, 0) is 11.3 Å². The van der Waals surface area contributed by atoms with Crippen molar-refractivity contribution in [3.05, 3.63) is 24.5 Å². The van der Waals surface area contributed by atoms with Crippen LogP contribution < -0.4 is 4.72 Å². The summed E-state index contributed by atoms with van der Waals surface area (Å²) in [7, 11) is 0. The van der Waals surface area contributed by atoms with Crippen LogP contribution in [0.2, 0.25) is 0 Å². The summed E-state index contributed by atoms with van der Waals surface area (Å²) < 4.78 is 22.2. The number of anilines is 1. The topological polar surface area (TPSA) is 65.0 Å². The first kappa shape index (κ1) is 7.17. The number of aromatic nitrogens is 1. The Labute approximate surface area is 60.7 Å². The number of nitrogens with zero attached hydrogens (tertiary/aromatic N) is 1. The Kier molecular flexibility index (Phi) is 2.35. The molecule has 0 aliphatic carbocycles. The van der Waals surface area contributed by atoms with E-state index in [1.165, 1.54) is 6.20 Å². The first-order valence-electron chi connectivity index (χ1n) is 2.55. The van der Waals surface area contributed by atoms with Crippen molar-refractivity contribution in [3.63, 3.8) is 0 Å². The minimum atomic E-state index is -2.26. The van der Waals surface area contributed by atoms with Crippen LogP contribution in [0.4, 0.5) is 5.69 Å². The average Bonchev–Trinajstić information content (AvgIpc) is 1.88. The molecule has 0 amide bonds. The Morgan fingerprint density at radius 3 is 3.00 bits per heavy atom. The molecule has 0 bridgehead atoms. The van der Waals surface area contributed by atoms with E-state index in [4.69, 9.17) is 0 Å². The van der Waals surface area contributed by atoms with Crippen LogP contribution in [-0.4, -0.2) is 13.7 Å². The van der Waals surface area contributed by atoms with Crippen LogP contribution in [0.15, 0.2) is 24.5 Å². The summed E-state index contributed by atoms with van der Waals surface area (Å²) in [5.41, 5.74) is 0.468. The lowest BCUT2D eigenvalue weighted by molar-refractivity contribution is 0.542. The van der Waals surface area contributed by atoms with Gasteiger partial charge in [0.25, 0.3) is 0 Å². The largest absolute Gasteiger partial charge is 0.755 e. The van der Waals surface area contributed by atoms with Gasteiger partial charge in [-0.25, -0.2) is 0 Å². The van der Waals surface area contributed by atoms with Gasteiger partial charge >= 0.3 is 0 Å². The molecule has 4 nitrogen and oxygen atoms in total. The lowest BCUT2D eigenvalue weighted by Gasteiger charge is -2.06. The van der Waals surface area contributed by atoms with Gasteiger partial charge < -0.3 is 9.27 Å². The van der Waals surface area contributed by atoms with E-state index in [-0.39, 0.29) is 0 Å². The van der Waals surface area contributed by atoms with Crippen LogP contribution >= 0.6 is 0 Å². The van der Waals surface area contributed by atoms with Gasteiger partial charge in [-0.15, -0.1) is 0 Å². The summed E-state index contributed by atoms with van der Waals surface area (Å²) in [4.78, 5) is 3.70. The molecule has 0 aliphatic heterocycles. The summed E-state index contributed by atoms with van der Waals surface area (Å²) in [5, 5.41) is 0. The summed E-state index contributed by atoms with van der Waals surface area (Å²) in [6, 6.07) is 3.26. The molecule has 1 heterocycles. The highest BCUT2D eigenvalue weighted by atomic mass is 32.2. The van der Waals surface area contributed by atoms with Gasteiger partial charge in [0.2, 0.25) is 0 Å². The van der Waals surface area contributed by atoms with Gasteiger partial charge in [-0.1, -0.05) is 0 Å². The standard InChI is InChI=1S/C5H6N2O2S/c8-10(9)7-5-2-1-3-6-4-5/h1-4,7H,(H,8,9)/p-1. The van der Waals surface area contributed by atoms with Gasteiger partial charge in [-0.3, -0.25) is 9.19 Å². The molecule has 0 saturated carbocycles. The molecule has 1 rings (SSSR count). The lowest BCUT2D eigenvalue weighted by Crippen LogP contribution is -2.01. The van der Waals surface area contributed by atoms with Crippen molar-refractivity contribution < 1.29 is 8.76 Å². The Morgan fingerprint density at radius 1 is 1.70 bits per heavy atom. The van der Waals surface area contributed by atoms with Crippen molar-refractivity contribution in [3.8, 4) is 0 Å². The average molecular weight is 157 g/mol. The fourth-order valence-electron chi connectivity index (χ4n) is 0.519. The fraction of sp³-hybridized carbons (Fsp3) is 0. The number of rotatable bonds is 2. The number of nitrogens with one attached hydrogen (secondary N) is 1. The van der Waals surface area contributed by atoms with Gasteiger partial charge in [0.05, 0.1) is 11.9 Å². The Balaban J connectivity index is 2.67. The predicted molar refractivity (Wildman–Crippen MR) is 36.8 cm³/mol. The molecule has 0 aromatic carbocycles. The van der Waals surface area contributed by atoms with Crippen molar-refractivity contribution in [2.75, 3.05) is 4.72 Å². The highest BCUT2D eigenvalue weighted by molar-refractivity contribution is 7.80. The van der Waals surface area contributed by atoms with Gasteiger partial charge in [0.1, 0.15) is 0 Å². The first-order chi connectivity index (χ1) is 4.79. The third-order valence-corrected chi connectivity index (χ3v) is 1.27. The minimum Gasteiger partial charge on any atom is -0.755 e. The fourth-order valence-corrected chi connectivity index (χ4v) is 0.833. The monoisotopic (exact) mass is 157 g/mol. The van der Waals surface area contributed by atoms with Crippen molar-refractivity contribution in [1.82, 2.24) is 4.98 Å². The van der Waals surface area contributed by atoms with E-state index in [1.54, 1.807) is 18.3 Å². The van der Waals surface area contributed by atoms with Crippen LogP contribution in [0.5, 0.6) is 0 Å². The van der Waals surface area contributed by atoms with Crippen LogP contribution in [0.3, 0.4) is 0 Å². The SMILES string of the molecule is O=S([O-])Nc1cccnc1. The molecule has 1 unspecified atom stereocenters. The third-order valence-electron chi connectivity index (χ3n) is 0.863. The van der Waals surface area contributed by atoms with E-state index >= 15 is 0 Å². The van der Waals surface area contributed by atoms with E-state index in [1.807, 2.05) is 0 Å². The summed E-state index contributed by atoms with van der Waals surface area (Å²) in [6.07, 6.45) is 2.99. The van der Waals surface area contributed by atoms with Crippen molar-refractivity contribution in [1.29, 1.82) is 0 Å². The van der Waals surface area contributed by atoms with E-state index in [0.29, 0.717) is 5.69 Å². The first-order valence-corrected chi connectivity index (χ1v) is 3.62. The quantitative estimate of drug-likeness (QED) is 0.627. The maximum Gasteiger partial charge on any atom is 0.0636 e. The van der Waals surface area contributed by atoms with E-state index in [0.717, 1.165) is 0 Å². The second-order valence-electron chi connectivity index (χ2n) is 1.58. The van der Waals surface area contributed by atoms with E-state index < -0.39 is 11.3 Å². The maximum atomic E-state index is 10.0. The van der Waals surface area contributed by atoms with Crippen LogP contribution in [0, 0.1) is 0 Å². The zero-order valence-electron chi connectivity index (χ0n) is 4.98. The Morgan fingerprint density at radius 2 is 2.50 bits per heavy atom. The molecule has 1 N–H and O–H groups in total. The molecule has 0 radical (unpaired) electrons.